The number of anilines is 1. The Kier molecular flexibility index (Phi) is 4.66. The maximum atomic E-state index is 12.4. The molecule has 8 heteroatoms. The van der Waals surface area contributed by atoms with Crippen molar-refractivity contribution >= 4 is 40.0 Å². The first-order valence-electron chi connectivity index (χ1n) is 7.55. The number of nitrogens with zero attached hydrogens (tertiary/aromatic N) is 3. The number of fused-ring (bicyclic) bond motifs is 1. The molecule has 0 radical (unpaired) electrons. The Morgan fingerprint density at radius 2 is 2.21 bits per heavy atom. The third-order valence-corrected chi connectivity index (χ3v) is 4.51. The molecule has 2 heterocycles. The van der Waals surface area contributed by atoms with Crippen molar-refractivity contribution in [3.8, 4) is 0 Å². The summed E-state index contributed by atoms with van der Waals surface area (Å²) in [6, 6.07) is -0.567. The Hall–Kier alpha value is -2.61. The van der Waals surface area contributed by atoms with Crippen LogP contribution < -0.4 is 5.32 Å². The second-order valence-corrected chi connectivity index (χ2v) is 6.33. The second-order valence-electron chi connectivity index (χ2n) is 5.48. The summed E-state index contributed by atoms with van der Waals surface area (Å²) in [5.74, 6) is -0.979. The van der Waals surface area contributed by atoms with E-state index in [0.717, 1.165) is 10.6 Å². The van der Waals surface area contributed by atoms with E-state index in [-0.39, 0.29) is 24.8 Å². The lowest BCUT2D eigenvalue weighted by molar-refractivity contribution is -0.129. The lowest BCUT2D eigenvalue weighted by atomic mass is 9.95. The topological polar surface area (TPSA) is 91.7 Å². The van der Waals surface area contributed by atoms with Crippen molar-refractivity contribution in [2.24, 2.45) is 10.9 Å². The summed E-state index contributed by atoms with van der Waals surface area (Å²) in [4.78, 5) is 45.4. The maximum absolute atomic E-state index is 12.4. The van der Waals surface area contributed by atoms with Crippen molar-refractivity contribution in [2.45, 2.75) is 19.8 Å². The summed E-state index contributed by atoms with van der Waals surface area (Å²) in [6.07, 6.45) is 7.48. The minimum absolute atomic E-state index is 0.173. The minimum atomic E-state index is -0.567. The lowest BCUT2D eigenvalue weighted by Gasteiger charge is -2.28. The molecular weight excluding hydrogens is 328 g/mol. The number of urea groups is 1. The number of aromatic nitrogens is 1. The molecule has 0 aromatic carbocycles. The van der Waals surface area contributed by atoms with Crippen LogP contribution in [0.15, 0.2) is 34.7 Å². The van der Waals surface area contributed by atoms with E-state index >= 15 is 0 Å². The van der Waals surface area contributed by atoms with Crippen molar-refractivity contribution in [3.05, 3.63) is 35.4 Å². The molecule has 0 saturated carbocycles. The fourth-order valence-electron chi connectivity index (χ4n) is 2.48. The van der Waals surface area contributed by atoms with Crippen LogP contribution in [0, 0.1) is 12.8 Å². The van der Waals surface area contributed by atoms with Gasteiger partial charge in [0.1, 0.15) is 0 Å². The Balaban J connectivity index is 1.53. The van der Waals surface area contributed by atoms with Crippen molar-refractivity contribution in [2.75, 3.05) is 11.9 Å². The van der Waals surface area contributed by atoms with E-state index in [9.17, 15) is 14.4 Å². The highest BCUT2D eigenvalue weighted by Gasteiger charge is 2.35. The molecule has 1 atom stereocenters. The van der Waals surface area contributed by atoms with E-state index in [1.165, 1.54) is 11.3 Å². The number of aryl methyl sites for hydroxylation is 1. The zero-order valence-electron chi connectivity index (χ0n) is 13.1. The molecule has 124 valence electrons. The normalized spacial score (nSPS) is 19.3. The Morgan fingerprint density at radius 1 is 1.38 bits per heavy atom. The fraction of sp³-hybridized carbons (Fsp3) is 0.312. The molecule has 7 nitrogen and oxygen atoms in total. The highest BCUT2D eigenvalue weighted by atomic mass is 32.1. The molecule has 1 N–H and O–H groups in total. The molecule has 2 aliphatic rings. The van der Waals surface area contributed by atoms with Gasteiger partial charge in [0, 0.05) is 18.3 Å². The van der Waals surface area contributed by atoms with Gasteiger partial charge in [-0.1, -0.05) is 18.2 Å². The summed E-state index contributed by atoms with van der Waals surface area (Å²) in [6.45, 7) is 2.02. The first-order chi connectivity index (χ1) is 11.5. The van der Waals surface area contributed by atoms with Gasteiger partial charge in [0.15, 0.2) is 5.13 Å². The second kappa shape index (κ2) is 6.88. The van der Waals surface area contributed by atoms with E-state index in [1.54, 1.807) is 24.3 Å². The molecule has 1 aromatic heterocycles. The first kappa shape index (κ1) is 16.3. The van der Waals surface area contributed by atoms with Gasteiger partial charge in [-0.05, 0) is 19.4 Å². The van der Waals surface area contributed by atoms with Gasteiger partial charge >= 0.3 is 6.03 Å². The van der Waals surface area contributed by atoms with Crippen LogP contribution in [-0.4, -0.2) is 40.0 Å². The van der Waals surface area contributed by atoms with Crippen molar-refractivity contribution < 1.29 is 14.4 Å². The zero-order chi connectivity index (χ0) is 17.1. The van der Waals surface area contributed by atoms with E-state index in [1.807, 2.05) is 12.3 Å². The van der Waals surface area contributed by atoms with Crippen LogP contribution in [0.4, 0.5) is 9.93 Å². The molecule has 4 amide bonds. The number of allylic oxidation sites excluding steroid dienone is 3. The van der Waals surface area contributed by atoms with Gasteiger partial charge in [0.2, 0.25) is 11.8 Å². The number of imide groups is 1. The maximum Gasteiger partial charge on any atom is 0.350 e. The van der Waals surface area contributed by atoms with Crippen LogP contribution in [0.25, 0.3) is 0 Å². The highest BCUT2D eigenvalue weighted by molar-refractivity contribution is 7.13. The number of rotatable bonds is 5. The quantitative estimate of drug-likeness (QED) is 0.887. The standard InChI is InChI=1S/C16H16N4O3S/c1-10-9-24-15(17-10)19-13(21)7-4-8-20-14(22)11-5-2-3-6-12(11)18-16(20)23/h2-3,5-6,9,11H,4,7-8H2,1H3,(H,17,19,21). The van der Waals surface area contributed by atoms with Crippen LogP contribution >= 0.6 is 11.3 Å². The van der Waals surface area contributed by atoms with Crippen molar-refractivity contribution in [1.82, 2.24) is 9.88 Å². The van der Waals surface area contributed by atoms with Gasteiger partial charge in [-0.2, -0.15) is 4.99 Å². The van der Waals surface area contributed by atoms with E-state index in [0.29, 0.717) is 17.3 Å². The predicted octanol–water partition coefficient (Wildman–Crippen LogP) is 2.32. The molecule has 1 unspecified atom stereocenters. The number of nitrogens with one attached hydrogen (secondary N) is 1. The number of thiazole rings is 1. The Morgan fingerprint density at radius 3 is 2.96 bits per heavy atom. The summed E-state index contributed by atoms with van der Waals surface area (Å²) in [7, 11) is 0. The average molecular weight is 344 g/mol. The molecule has 24 heavy (non-hydrogen) atoms. The predicted molar refractivity (Wildman–Crippen MR) is 91.0 cm³/mol. The zero-order valence-corrected chi connectivity index (χ0v) is 13.9. The van der Waals surface area contributed by atoms with Crippen molar-refractivity contribution in [3.63, 3.8) is 0 Å². The minimum Gasteiger partial charge on any atom is -0.302 e. The Labute approximate surface area is 142 Å². The monoisotopic (exact) mass is 344 g/mol. The number of aliphatic imine (C=N–C) groups is 1. The number of carbonyl (C=O) groups is 3. The van der Waals surface area contributed by atoms with Crippen LogP contribution in [0.1, 0.15) is 18.5 Å². The van der Waals surface area contributed by atoms with Gasteiger partial charge in [-0.15, -0.1) is 11.3 Å². The molecule has 0 bridgehead atoms. The average Bonchev–Trinajstić information content (AvgIpc) is 2.95. The van der Waals surface area contributed by atoms with Crippen LogP contribution in [0.2, 0.25) is 0 Å². The number of amides is 4. The molecule has 3 rings (SSSR count). The fourth-order valence-corrected chi connectivity index (χ4v) is 3.18. The molecule has 1 aromatic rings. The first-order valence-corrected chi connectivity index (χ1v) is 8.43. The summed E-state index contributed by atoms with van der Waals surface area (Å²) in [5.41, 5.74) is 1.32. The number of hydrogen-bond acceptors (Lipinski definition) is 5. The van der Waals surface area contributed by atoms with Gasteiger partial charge in [0.05, 0.1) is 17.3 Å². The number of hydrogen-bond donors (Lipinski definition) is 1. The largest absolute Gasteiger partial charge is 0.350 e. The molecule has 0 spiro atoms. The van der Waals surface area contributed by atoms with E-state index in [2.05, 4.69) is 15.3 Å². The third-order valence-electron chi connectivity index (χ3n) is 3.64. The molecule has 0 fully saturated rings. The highest BCUT2D eigenvalue weighted by Crippen LogP contribution is 2.20. The summed E-state index contributed by atoms with van der Waals surface area (Å²) >= 11 is 1.36. The van der Waals surface area contributed by atoms with Crippen LogP contribution in [-0.2, 0) is 9.59 Å². The van der Waals surface area contributed by atoms with E-state index < -0.39 is 11.9 Å². The molecular formula is C16H16N4O3S. The van der Waals surface area contributed by atoms with Gasteiger partial charge in [-0.25, -0.2) is 9.78 Å². The van der Waals surface area contributed by atoms with Gasteiger partial charge in [-0.3, -0.25) is 14.5 Å². The molecule has 1 aliphatic heterocycles. The SMILES string of the molecule is Cc1csc(NC(=O)CCCN2C(=O)N=C3C=CC=CC3C2=O)n1. The third kappa shape index (κ3) is 3.48. The van der Waals surface area contributed by atoms with Gasteiger partial charge < -0.3 is 5.32 Å². The van der Waals surface area contributed by atoms with E-state index in [4.69, 9.17) is 0 Å². The number of carbonyl (C=O) groups excluding carboxylic acids is 3. The van der Waals surface area contributed by atoms with Crippen molar-refractivity contribution in [1.29, 1.82) is 0 Å². The smallest absolute Gasteiger partial charge is 0.302 e. The summed E-state index contributed by atoms with van der Waals surface area (Å²) in [5, 5.41) is 5.10. The molecule has 1 aliphatic carbocycles. The van der Waals surface area contributed by atoms with Crippen LogP contribution in [0.3, 0.4) is 0 Å². The van der Waals surface area contributed by atoms with Gasteiger partial charge in [0.25, 0.3) is 0 Å². The lowest BCUT2D eigenvalue weighted by Crippen LogP contribution is -2.46. The Bertz CT molecular complexity index is 778. The molecule has 0 saturated heterocycles. The van der Waals surface area contributed by atoms with Crippen LogP contribution in [0.5, 0.6) is 0 Å². The summed E-state index contributed by atoms with van der Waals surface area (Å²) < 4.78 is 0.